The number of carbonyl (C=O) groups is 1. The van der Waals surface area contributed by atoms with E-state index in [0.717, 1.165) is 0 Å². The van der Waals surface area contributed by atoms with Crippen molar-refractivity contribution < 1.29 is 28.5 Å². The predicted octanol–water partition coefficient (Wildman–Crippen LogP) is -0.614. The van der Waals surface area contributed by atoms with Crippen LogP contribution in [0.4, 0.5) is 0 Å². The van der Waals surface area contributed by atoms with Crippen molar-refractivity contribution in [2.24, 2.45) is 0 Å². The van der Waals surface area contributed by atoms with Crippen molar-refractivity contribution in [3.05, 3.63) is 16.5 Å². The van der Waals surface area contributed by atoms with Gasteiger partial charge in [-0.3, -0.25) is 0 Å². The van der Waals surface area contributed by atoms with Crippen molar-refractivity contribution in [2.45, 2.75) is 17.2 Å². The summed E-state index contributed by atoms with van der Waals surface area (Å²) in [7, 11) is -3.87. The maximum Gasteiger partial charge on any atom is 0.346 e. The van der Waals surface area contributed by atoms with Gasteiger partial charge in [-0.2, -0.15) is 0 Å². The van der Waals surface area contributed by atoms with Crippen molar-refractivity contribution in [3.63, 3.8) is 0 Å². The molecule has 0 radical (unpaired) electrons. The topological polar surface area (TPSA) is 124 Å². The molecular formula is C9H13NO6S2. The SMILES string of the molecule is Cc1cc(S(=O)(=O)NCC(O)CO)sc1C(=O)O. The third kappa shape index (κ3) is 3.50. The van der Waals surface area contributed by atoms with E-state index in [0.29, 0.717) is 16.9 Å². The molecule has 1 unspecified atom stereocenters. The summed E-state index contributed by atoms with van der Waals surface area (Å²) in [6, 6.07) is 1.25. The molecule has 0 bridgehead atoms. The molecule has 0 spiro atoms. The Morgan fingerprint density at radius 3 is 2.61 bits per heavy atom. The van der Waals surface area contributed by atoms with E-state index in [1.807, 2.05) is 0 Å². The molecule has 1 aromatic heterocycles. The molecule has 9 heteroatoms. The number of sulfonamides is 1. The molecule has 0 aliphatic heterocycles. The average Bonchev–Trinajstić information content (AvgIpc) is 2.69. The van der Waals surface area contributed by atoms with Gasteiger partial charge < -0.3 is 15.3 Å². The van der Waals surface area contributed by atoms with Crippen LogP contribution in [0.2, 0.25) is 0 Å². The smallest absolute Gasteiger partial charge is 0.346 e. The lowest BCUT2D eigenvalue weighted by atomic mass is 10.3. The number of carboxylic acids is 1. The molecule has 0 saturated carbocycles. The van der Waals surface area contributed by atoms with Crippen LogP contribution in [0.1, 0.15) is 15.2 Å². The van der Waals surface area contributed by atoms with Gasteiger partial charge in [0, 0.05) is 6.54 Å². The Morgan fingerprint density at radius 2 is 2.17 bits per heavy atom. The highest BCUT2D eigenvalue weighted by molar-refractivity contribution is 7.91. The number of rotatable bonds is 6. The van der Waals surface area contributed by atoms with E-state index in [2.05, 4.69) is 4.72 Å². The van der Waals surface area contributed by atoms with E-state index in [9.17, 15) is 13.2 Å². The molecule has 0 amide bonds. The van der Waals surface area contributed by atoms with Crippen molar-refractivity contribution in [1.82, 2.24) is 4.72 Å². The summed E-state index contributed by atoms with van der Waals surface area (Å²) < 4.78 is 25.5. The van der Waals surface area contributed by atoms with Crippen LogP contribution in [-0.4, -0.2) is 49.0 Å². The summed E-state index contributed by atoms with van der Waals surface area (Å²) >= 11 is 0.640. The molecule has 102 valence electrons. The first kappa shape index (κ1) is 15.1. The number of hydrogen-bond donors (Lipinski definition) is 4. The van der Waals surface area contributed by atoms with Gasteiger partial charge in [-0.1, -0.05) is 0 Å². The molecular weight excluding hydrogens is 282 g/mol. The summed E-state index contributed by atoms with van der Waals surface area (Å²) in [6.07, 6.45) is -1.19. The lowest BCUT2D eigenvalue weighted by Crippen LogP contribution is -2.33. The Labute approximate surface area is 108 Å². The van der Waals surface area contributed by atoms with E-state index in [1.54, 1.807) is 0 Å². The fourth-order valence-electron chi connectivity index (χ4n) is 1.14. The van der Waals surface area contributed by atoms with Crippen molar-refractivity contribution in [1.29, 1.82) is 0 Å². The highest BCUT2D eigenvalue weighted by Gasteiger charge is 2.22. The molecule has 0 aliphatic carbocycles. The first-order valence-corrected chi connectivity index (χ1v) is 7.20. The van der Waals surface area contributed by atoms with Crippen LogP contribution in [0.3, 0.4) is 0 Å². The van der Waals surface area contributed by atoms with Gasteiger partial charge >= 0.3 is 5.97 Å². The Morgan fingerprint density at radius 1 is 1.56 bits per heavy atom. The van der Waals surface area contributed by atoms with Crippen LogP contribution in [-0.2, 0) is 10.0 Å². The van der Waals surface area contributed by atoms with Crippen LogP contribution in [0.25, 0.3) is 0 Å². The zero-order chi connectivity index (χ0) is 13.9. The molecule has 1 atom stereocenters. The number of aromatic carboxylic acids is 1. The van der Waals surface area contributed by atoms with Gasteiger partial charge in [-0.25, -0.2) is 17.9 Å². The minimum atomic E-state index is -3.87. The number of aryl methyl sites for hydroxylation is 1. The molecule has 1 aromatic rings. The van der Waals surface area contributed by atoms with Gasteiger partial charge in [0.1, 0.15) is 9.09 Å². The molecule has 18 heavy (non-hydrogen) atoms. The molecule has 0 saturated heterocycles. The number of aliphatic hydroxyl groups excluding tert-OH is 2. The first-order chi connectivity index (χ1) is 8.27. The van der Waals surface area contributed by atoms with Crippen LogP contribution in [0.15, 0.2) is 10.3 Å². The third-order valence-corrected chi connectivity index (χ3v) is 5.20. The van der Waals surface area contributed by atoms with Crippen LogP contribution in [0, 0.1) is 6.92 Å². The third-order valence-electron chi connectivity index (χ3n) is 2.07. The second-order valence-electron chi connectivity index (χ2n) is 3.57. The van der Waals surface area contributed by atoms with Crippen molar-refractivity contribution >= 4 is 27.3 Å². The molecule has 7 nitrogen and oxygen atoms in total. The van der Waals surface area contributed by atoms with Crippen LogP contribution >= 0.6 is 11.3 Å². The van der Waals surface area contributed by atoms with E-state index >= 15 is 0 Å². The van der Waals surface area contributed by atoms with E-state index in [1.165, 1.54) is 13.0 Å². The number of carboxylic acid groups (broad SMARTS) is 1. The Kier molecular flexibility index (Phi) is 4.82. The van der Waals surface area contributed by atoms with Gasteiger partial charge in [0.2, 0.25) is 10.0 Å². The lowest BCUT2D eigenvalue weighted by Gasteiger charge is -2.08. The van der Waals surface area contributed by atoms with Gasteiger partial charge in [0.05, 0.1) is 12.7 Å². The zero-order valence-corrected chi connectivity index (χ0v) is 11.1. The Bertz CT molecular complexity index is 535. The molecule has 1 heterocycles. The molecule has 4 N–H and O–H groups in total. The van der Waals surface area contributed by atoms with E-state index in [4.69, 9.17) is 15.3 Å². The Balaban J connectivity index is 2.92. The van der Waals surface area contributed by atoms with Gasteiger partial charge in [0.25, 0.3) is 0 Å². The maximum atomic E-state index is 11.8. The highest BCUT2D eigenvalue weighted by Crippen LogP contribution is 2.25. The molecule has 0 aliphatic rings. The number of aliphatic hydroxyl groups is 2. The predicted molar refractivity (Wildman–Crippen MR) is 64.3 cm³/mol. The lowest BCUT2D eigenvalue weighted by molar-refractivity contribution is 0.0701. The quantitative estimate of drug-likeness (QED) is 0.555. The van der Waals surface area contributed by atoms with Gasteiger partial charge in [-0.05, 0) is 18.6 Å². The first-order valence-electron chi connectivity index (χ1n) is 4.90. The molecule has 0 fully saturated rings. The highest BCUT2D eigenvalue weighted by atomic mass is 32.2. The van der Waals surface area contributed by atoms with Crippen LogP contribution < -0.4 is 4.72 Å². The monoisotopic (exact) mass is 295 g/mol. The number of nitrogens with one attached hydrogen (secondary N) is 1. The normalized spacial score (nSPS) is 13.5. The number of hydrogen-bond acceptors (Lipinski definition) is 6. The minimum Gasteiger partial charge on any atom is -0.477 e. The zero-order valence-electron chi connectivity index (χ0n) is 9.45. The van der Waals surface area contributed by atoms with Crippen molar-refractivity contribution in [3.8, 4) is 0 Å². The fraction of sp³-hybridized carbons (Fsp3) is 0.444. The van der Waals surface area contributed by atoms with Crippen LogP contribution in [0.5, 0.6) is 0 Å². The fourth-order valence-corrected chi connectivity index (χ4v) is 3.63. The number of thiophene rings is 1. The largest absolute Gasteiger partial charge is 0.477 e. The molecule has 1 rings (SSSR count). The standard InChI is InChI=1S/C9H13NO6S2/c1-5-2-7(17-8(5)9(13)14)18(15,16)10-3-6(12)4-11/h2,6,10-12H,3-4H2,1H3,(H,13,14). The summed E-state index contributed by atoms with van der Waals surface area (Å²) in [4.78, 5) is 10.8. The average molecular weight is 295 g/mol. The van der Waals surface area contributed by atoms with Gasteiger partial charge in [-0.15, -0.1) is 11.3 Å². The molecule has 0 aromatic carbocycles. The maximum absolute atomic E-state index is 11.8. The van der Waals surface area contributed by atoms with E-state index < -0.39 is 28.7 Å². The minimum absolute atomic E-state index is 0.0434. The summed E-state index contributed by atoms with van der Waals surface area (Å²) in [6.45, 7) is 0.603. The van der Waals surface area contributed by atoms with Gasteiger partial charge in [0.15, 0.2) is 0 Å². The summed E-state index contributed by atoms with van der Waals surface area (Å²) in [5.41, 5.74) is 0.357. The second-order valence-corrected chi connectivity index (χ2v) is 6.62. The summed E-state index contributed by atoms with van der Waals surface area (Å²) in [5.74, 6) is -1.19. The Hall–Kier alpha value is -1.00. The van der Waals surface area contributed by atoms with Crippen molar-refractivity contribution in [2.75, 3.05) is 13.2 Å². The summed E-state index contributed by atoms with van der Waals surface area (Å²) in [5, 5.41) is 26.4. The van der Waals surface area contributed by atoms with E-state index in [-0.39, 0.29) is 15.6 Å². The second kappa shape index (κ2) is 5.76.